The molecular formula is C21H21N3O5S. The van der Waals surface area contributed by atoms with Gasteiger partial charge in [0, 0.05) is 32.3 Å². The highest BCUT2D eigenvalue weighted by Crippen LogP contribution is 2.27. The zero-order valence-electron chi connectivity index (χ0n) is 16.4. The van der Waals surface area contributed by atoms with Crippen LogP contribution < -0.4 is 4.74 Å². The van der Waals surface area contributed by atoms with Crippen molar-refractivity contribution in [1.82, 2.24) is 9.21 Å². The van der Waals surface area contributed by atoms with Gasteiger partial charge in [-0.05, 0) is 35.9 Å². The molecule has 2 aromatic carbocycles. The summed E-state index contributed by atoms with van der Waals surface area (Å²) in [6.07, 6.45) is 3.01. The van der Waals surface area contributed by atoms with Gasteiger partial charge in [-0.25, -0.2) is 8.42 Å². The molecule has 1 heterocycles. The normalized spacial score (nSPS) is 15.1. The first kappa shape index (κ1) is 21.4. The summed E-state index contributed by atoms with van der Waals surface area (Å²) in [4.78, 5) is 14.0. The van der Waals surface area contributed by atoms with Gasteiger partial charge in [-0.1, -0.05) is 18.2 Å². The first-order valence-corrected chi connectivity index (χ1v) is 10.6. The number of hydrogen-bond donors (Lipinski definition) is 1. The number of ether oxygens (including phenoxy) is 1. The number of benzene rings is 2. The molecule has 0 spiro atoms. The summed E-state index contributed by atoms with van der Waals surface area (Å²) in [5, 5.41) is 18.8. The maximum Gasteiger partial charge on any atom is 0.246 e. The first-order valence-electron chi connectivity index (χ1n) is 9.20. The highest BCUT2D eigenvalue weighted by Gasteiger charge is 2.31. The van der Waals surface area contributed by atoms with Crippen molar-refractivity contribution in [3.63, 3.8) is 0 Å². The van der Waals surface area contributed by atoms with Crippen molar-refractivity contribution in [3.05, 3.63) is 59.7 Å². The number of carbonyl (C=O) groups is 1. The summed E-state index contributed by atoms with van der Waals surface area (Å²) in [7, 11) is -2.36. The Kier molecular flexibility index (Phi) is 6.40. The number of aromatic hydroxyl groups is 1. The van der Waals surface area contributed by atoms with Crippen LogP contribution in [-0.2, 0) is 14.8 Å². The fraction of sp³-hybridized carbons (Fsp3) is 0.238. The summed E-state index contributed by atoms with van der Waals surface area (Å²) in [5.41, 5.74) is 0.788. The Balaban J connectivity index is 1.65. The van der Waals surface area contributed by atoms with E-state index in [0.29, 0.717) is 11.3 Å². The van der Waals surface area contributed by atoms with Crippen molar-refractivity contribution in [3.8, 4) is 17.6 Å². The number of rotatable bonds is 5. The second-order valence-electron chi connectivity index (χ2n) is 6.60. The average molecular weight is 427 g/mol. The number of nitriles is 1. The van der Waals surface area contributed by atoms with Crippen molar-refractivity contribution < 1.29 is 23.1 Å². The third-order valence-electron chi connectivity index (χ3n) is 4.80. The molecule has 30 heavy (non-hydrogen) atoms. The van der Waals surface area contributed by atoms with Gasteiger partial charge in [0.15, 0.2) is 11.5 Å². The Morgan fingerprint density at radius 2 is 1.87 bits per heavy atom. The molecule has 1 aliphatic heterocycles. The number of piperazine rings is 1. The Labute approximate surface area is 175 Å². The van der Waals surface area contributed by atoms with E-state index in [1.54, 1.807) is 35.2 Å². The third kappa shape index (κ3) is 4.45. The SMILES string of the molecule is COc1cc(/C=C/C(=O)N2CCN(S(=O)(=O)c3ccccc3C#N)CC2)ccc1O. The average Bonchev–Trinajstić information content (AvgIpc) is 2.78. The fourth-order valence-corrected chi connectivity index (χ4v) is 4.71. The zero-order valence-corrected chi connectivity index (χ0v) is 17.2. The van der Waals surface area contributed by atoms with Gasteiger partial charge in [-0.15, -0.1) is 0 Å². The molecule has 0 aliphatic carbocycles. The second-order valence-corrected chi connectivity index (χ2v) is 8.51. The topological polar surface area (TPSA) is 111 Å². The van der Waals surface area contributed by atoms with E-state index in [-0.39, 0.29) is 48.3 Å². The summed E-state index contributed by atoms with van der Waals surface area (Å²) in [6.45, 7) is 0.787. The number of amides is 1. The number of methoxy groups -OCH3 is 1. The molecule has 0 aromatic heterocycles. The maximum atomic E-state index is 12.9. The Morgan fingerprint density at radius 3 is 2.53 bits per heavy atom. The number of hydrogen-bond acceptors (Lipinski definition) is 6. The van der Waals surface area contributed by atoms with E-state index in [4.69, 9.17) is 4.74 Å². The highest BCUT2D eigenvalue weighted by atomic mass is 32.2. The molecule has 3 rings (SSSR count). The van der Waals surface area contributed by atoms with Crippen LogP contribution in [-0.4, -0.2) is 61.9 Å². The minimum Gasteiger partial charge on any atom is -0.504 e. The smallest absolute Gasteiger partial charge is 0.246 e. The second kappa shape index (κ2) is 8.98. The molecule has 0 unspecified atom stereocenters. The van der Waals surface area contributed by atoms with E-state index < -0.39 is 10.0 Å². The quantitative estimate of drug-likeness (QED) is 0.729. The van der Waals surface area contributed by atoms with Crippen LogP contribution in [0.4, 0.5) is 0 Å². The number of carbonyl (C=O) groups excluding carboxylic acids is 1. The van der Waals surface area contributed by atoms with Gasteiger partial charge in [0.1, 0.15) is 6.07 Å². The number of phenolic OH excluding ortho intramolecular Hbond substituents is 1. The lowest BCUT2D eigenvalue weighted by atomic mass is 10.2. The molecule has 2 aromatic rings. The summed E-state index contributed by atoms with van der Waals surface area (Å²) in [6, 6.07) is 12.7. The van der Waals surface area contributed by atoms with Crippen LogP contribution in [0.2, 0.25) is 0 Å². The van der Waals surface area contributed by atoms with Crippen molar-refractivity contribution >= 4 is 22.0 Å². The number of phenols is 1. The van der Waals surface area contributed by atoms with Gasteiger partial charge >= 0.3 is 0 Å². The van der Waals surface area contributed by atoms with Gasteiger partial charge in [0.2, 0.25) is 15.9 Å². The van der Waals surface area contributed by atoms with Gasteiger partial charge < -0.3 is 14.7 Å². The summed E-state index contributed by atoms with van der Waals surface area (Å²) < 4.78 is 32.1. The molecule has 0 radical (unpaired) electrons. The van der Waals surface area contributed by atoms with E-state index in [2.05, 4.69) is 0 Å². The predicted octanol–water partition coefficient (Wildman–Crippen LogP) is 1.82. The van der Waals surface area contributed by atoms with Gasteiger partial charge in [-0.3, -0.25) is 4.79 Å². The number of sulfonamides is 1. The Bertz CT molecular complexity index is 1110. The van der Waals surface area contributed by atoms with Crippen LogP contribution in [0, 0.1) is 11.3 Å². The van der Waals surface area contributed by atoms with Crippen LogP contribution in [0.15, 0.2) is 53.4 Å². The lowest BCUT2D eigenvalue weighted by Crippen LogP contribution is -2.50. The maximum absolute atomic E-state index is 12.9. The predicted molar refractivity (Wildman–Crippen MR) is 110 cm³/mol. The molecule has 9 heteroatoms. The Hall–Kier alpha value is -3.35. The van der Waals surface area contributed by atoms with Crippen molar-refractivity contribution in [2.75, 3.05) is 33.3 Å². The van der Waals surface area contributed by atoms with Crippen LogP contribution in [0.3, 0.4) is 0 Å². The molecule has 1 aliphatic rings. The Morgan fingerprint density at radius 1 is 1.17 bits per heavy atom. The molecule has 1 saturated heterocycles. The molecule has 1 N–H and O–H groups in total. The van der Waals surface area contributed by atoms with E-state index >= 15 is 0 Å². The summed E-state index contributed by atoms with van der Waals surface area (Å²) >= 11 is 0. The third-order valence-corrected chi connectivity index (χ3v) is 6.75. The molecule has 0 saturated carbocycles. The van der Waals surface area contributed by atoms with E-state index in [1.807, 2.05) is 6.07 Å². The monoisotopic (exact) mass is 427 g/mol. The zero-order chi connectivity index (χ0) is 21.7. The molecule has 1 fully saturated rings. The molecule has 1 amide bonds. The van der Waals surface area contributed by atoms with Gasteiger partial charge in [-0.2, -0.15) is 9.57 Å². The molecule has 0 atom stereocenters. The number of nitrogens with zero attached hydrogens (tertiary/aromatic N) is 3. The lowest BCUT2D eigenvalue weighted by molar-refractivity contribution is -0.127. The van der Waals surface area contributed by atoms with E-state index in [0.717, 1.165) is 0 Å². The molecule has 156 valence electrons. The molecule has 0 bridgehead atoms. The van der Waals surface area contributed by atoms with E-state index in [9.17, 15) is 23.6 Å². The molecule has 8 nitrogen and oxygen atoms in total. The standard InChI is InChI=1S/C21H21N3O5S/c1-29-19-14-16(6-8-18(19)25)7-9-21(26)23-10-12-24(13-11-23)30(27,28)20-5-3-2-4-17(20)15-22/h2-9,14,25H,10-13H2,1H3/b9-7+. The lowest BCUT2D eigenvalue weighted by Gasteiger charge is -2.33. The van der Waals surface area contributed by atoms with Gasteiger partial charge in [0.25, 0.3) is 0 Å². The van der Waals surface area contributed by atoms with Crippen LogP contribution >= 0.6 is 0 Å². The largest absolute Gasteiger partial charge is 0.504 e. The minimum absolute atomic E-state index is 0.0104. The van der Waals surface area contributed by atoms with Gasteiger partial charge in [0.05, 0.1) is 17.6 Å². The van der Waals surface area contributed by atoms with Crippen LogP contribution in [0.5, 0.6) is 11.5 Å². The van der Waals surface area contributed by atoms with E-state index in [1.165, 1.54) is 35.7 Å². The summed E-state index contributed by atoms with van der Waals surface area (Å²) in [5.74, 6) is 0.0777. The minimum atomic E-state index is -3.80. The van der Waals surface area contributed by atoms with Crippen LogP contribution in [0.25, 0.3) is 6.08 Å². The molecular weight excluding hydrogens is 406 g/mol. The van der Waals surface area contributed by atoms with Crippen molar-refractivity contribution in [1.29, 1.82) is 5.26 Å². The fourth-order valence-electron chi connectivity index (χ4n) is 3.14. The first-order chi connectivity index (χ1) is 14.4. The highest BCUT2D eigenvalue weighted by molar-refractivity contribution is 7.89. The van der Waals surface area contributed by atoms with Crippen molar-refractivity contribution in [2.24, 2.45) is 0 Å². The van der Waals surface area contributed by atoms with Crippen molar-refractivity contribution in [2.45, 2.75) is 4.90 Å². The van der Waals surface area contributed by atoms with Crippen LogP contribution in [0.1, 0.15) is 11.1 Å².